The van der Waals surface area contributed by atoms with Crippen LogP contribution < -0.4 is 0 Å². The lowest BCUT2D eigenvalue weighted by molar-refractivity contribution is -0.141. The summed E-state index contributed by atoms with van der Waals surface area (Å²) in [5, 5.41) is 9.73. The molecule has 1 saturated heterocycles. The van der Waals surface area contributed by atoms with Crippen LogP contribution in [0.15, 0.2) is 0 Å². The van der Waals surface area contributed by atoms with Crippen molar-refractivity contribution in [3.05, 3.63) is 0 Å². The Balaban J connectivity index is 2.40. The third kappa shape index (κ3) is 3.53. The number of esters is 1. The molecule has 1 heterocycles. The predicted octanol–water partition coefficient (Wildman–Crippen LogP) is 1.93. The molecular formula is C12H24O4Si. The second-order valence-corrected chi connectivity index (χ2v) is 11.0. The smallest absolute Gasteiger partial charge is 0.311 e. The summed E-state index contributed by atoms with van der Waals surface area (Å²) in [6, 6.07) is 0. The number of hydrogen-bond acceptors (Lipinski definition) is 4. The third-order valence-electron chi connectivity index (χ3n) is 3.86. The van der Waals surface area contributed by atoms with Gasteiger partial charge in [-0.25, -0.2) is 0 Å². The standard InChI is InChI=1S/C12H24O4Si/c1-12(2,3)17(4,5)16-7-6-9-10(13)8-15-11(9)14/h9-10,13H,6-8H2,1-5H3/t9-,10+/m0/s1. The summed E-state index contributed by atoms with van der Waals surface area (Å²) >= 11 is 0. The molecule has 100 valence electrons. The topological polar surface area (TPSA) is 55.8 Å². The van der Waals surface area contributed by atoms with Crippen molar-refractivity contribution in [2.75, 3.05) is 13.2 Å². The second kappa shape index (κ2) is 5.08. The number of hydrogen-bond donors (Lipinski definition) is 1. The van der Waals surface area contributed by atoms with Crippen LogP contribution >= 0.6 is 0 Å². The maximum Gasteiger partial charge on any atom is 0.311 e. The van der Waals surface area contributed by atoms with E-state index in [9.17, 15) is 9.90 Å². The van der Waals surface area contributed by atoms with Gasteiger partial charge in [0.15, 0.2) is 8.32 Å². The molecule has 0 bridgehead atoms. The number of rotatable bonds is 4. The van der Waals surface area contributed by atoms with Crippen molar-refractivity contribution in [3.63, 3.8) is 0 Å². The lowest BCUT2D eigenvalue weighted by Gasteiger charge is -2.36. The van der Waals surface area contributed by atoms with E-state index in [-0.39, 0.29) is 17.6 Å². The molecule has 0 aromatic rings. The van der Waals surface area contributed by atoms with Gasteiger partial charge in [0.2, 0.25) is 0 Å². The number of ether oxygens (including phenoxy) is 1. The molecule has 0 amide bonds. The zero-order chi connectivity index (χ0) is 13.3. The Kier molecular flexibility index (Phi) is 4.38. The van der Waals surface area contributed by atoms with Gasteiger partial charge >= 0.3 is 5.97 Å². The van der Waals surface area contributed by atoms with Gasteiger partial charge in [0.1, 0.15) is 12.7 Å². The van der Waals surface area contributed by atoms with Crippen LogP contribution in [0.1, 0.15) is 27.2 Å². The Morgan fingerprint density at radius 3 is 2.47 bits per heavy atom. The van der Waals surface area contributed by atoms with E-state index in [0.717, 1.165) is 0 Å². The fourth-order valence-corrected chi connectivity index (χ4v) is 2.58. The SMILES string of the molecule is CC(C)(C)[Si](C)(C)OCC[C@@H]1C(=O)OC[C@H]1O. The van der Waals surface area contributed by atoms with Gasteiger partial charge in [0, 0.05) is 6.61 Å². The molecule has 0 aromatic carbocycles. The van der Waals surface area contributed by atoms with Crippen LogP contribution in [-0.2, 0) is 14.0 Å². The van der Waals surface area contributed by atoms with E-state index in [4.69, 9.17) is 9.16 Å². The van der Waals surface area contributed by atoms with Gasteiger partial charge in [-0.15, -0.1) is 0 Å². The van der Waals surface area contributed by atoms with E-state index in [1.807, 2.05) is 0 Å². The molecule has 0 aliphatic carbocycles. The number of carbonyl (C=O) groups is 1. The summed E-state index contributed by atoms with van der Waals surface area (Å²) in [5.41, 5.74) is 0. The summed E-state index contributed by atoms with van der Waals surface area (Å²) in [5.74, 6) is -0.698. The Bertz CT molecular complexity index is 283. The molecule has 0 spiro atoms. The quantitative estimate of drug-likeness (QED) is 0.620. The van der Waals surface area contributed by atoms with E-state index in [0.29, 0.717) is 13.0 Å². The first-order chi connectivity index (χ1) is 7.65. The van der Waals surface area contributed by atoms with Gasteiger partial charge < -0.3 is 14.3 Å². The van der Waals surface area contributed by atoms with Crippen molar-refractivity contribution in [1.29, 1.82) is 0 Å². The monoisotopic (exact) mass is 260 g/mol. The van der Waals surface area contributed by atoms with Crippen LogP contribution in [0.25, 0.3) is 0 Å². The number of cyclic esters (lactones) is 1. The lowest BCUT2D eigenvalue weighted by Crippen LogP contribution is -2.41. The van der Waals surface area contributed by atoms with Crippen LogP contribution in [-0.4, -0.2) is 38.7 Å². The highest BCUT2D eigenvalue weighted by molar-refractivity contribution is 6.74. The number of aliphatic hydroxyl groups excluding tert-OH is 1. The first-order valence-electron chi connectivity index (χ1n) is 6.14. The minimum absolute atomic E-state index is 0.129. The number of aliphatic hydroxyl groups is 1. The molecule has 0 unspecified atom stereocenters. The molecule has 1 fully saturated rings. The highest BCUT2D eigenvalue weighted by Crippen LogP contribution is 2.36. The molecule has 2 atom stereocenters. The van der Waals surface area contributed by atoms with Crippen LogP contribution in [0.3, 0.4) is 0 Å². The van der Waals surface area contributed by atoms with Crippen molar-refractivity contribution >= 4 is 14.3 Å². The first kappa shape index (κ1) is 14.7. The maximum absolute atomic E-state index is 11.3. The molecule has 1 aliphatic rings. The average Bonchev–Trinajstić information content (AvgIpc) is 2.47. The number of carbonyl (C=O) groups excluding carboxylic acids is 1. The molecule has 0 radical (unpaired) electrons. The van der Waals surface area contributed by atoms with Crippen LogP contribution in [0.5, 0.6) is 0 Å². The van der Waals surface area contributed by atoms with Crippen LogP contribution in [0.4, 0.5) is 0 Å². The van der Waals surface area contributed by atoms with E-state index in [2.05, 4.69) is 33.9 Å². The third-order valence-corrected chi connectivity index (χ3v) is 8.40. The molecule has 0 saturated carbocycles. The summed E-state index contributed by atoms with van der Waals surface area (Å²) in [4.78, 5) is 11.3. The Hall–Kier alpha value is -0.393. The molecule has 5 heteroatoms. The largest absolute Gasteiger partial charge is 0.463 e. The fourth-order valence-electron chi connectivity index (χ4n) is 1.52. The Labute approximate surface area is 104 Å². The van der Waals surface area contributed by atoms with E-state index < -0.39 is 20.3 Å². The molecule has 1 aliphatic heterocycles. The highest BCUT2D eigenvalue weighted by atomic mass is 28.4. The highest BCUT2D eigenvalue weighted by Gasteiger charge is 2.39. The van der Waals surface area contributed by atoms with Gasteiger partial charge in [0.25, 0.3) is 0 Å². The Morgan fingerprint density at radius 2 is 2.06 bits per heavy atom. The molecule has 1 N–H and O–H groups in total. The molecule has 4 nitrogen and oxygen atoms in total. The molecular weight excluding hydrogens is 236 g/mol. The summed E-state index contributed by atoms with van der Waals surface area (Å²) in [6.45, 7) is 11.5. The van der Waals surface area contributed by atoms with Crippen molar-refractivity contribution in [2.24, 2.45) is 5.92 Å². The van der Waals surface area contributed by atoms with Crippen molar-refractivity contribution < 1.29 is 19.1 Å². The van der Waals surface area contributed by atoms with Gasteiger partial charge in [0.05, 0.1) is 5.92 Å². The van der Waals surface area contributed by atoms with Gasteiger partial charge in [-0.05, 0) is 24.6 Å². The predicted molar refractivity (Wildman–Crippen MR) is 68.2 cm³/mol. The van der Waals surface area contributed by atoms with Gasteiger partial charge in [-0.2, -0.15) is 0 Å². The first-order valence-corrected chi connectivity index (χ1v) is 9.04. The zero-order valence-electron chi connectivity index (χ0n) is 11.4. The summed E-state index contributed by atoms with van der Waals surface area (Å²) in [7, 11) is -1.75. The van der Waals surface area contributed by atoms with E-state index in [1.54, 1.807) is 0 Å². The average molecular weight is 260 g/mol. The molecule has 0 aromatic heterocycles. The fraction of sp³-hybridized carbons (Fsp3) is 0.917. The van der Waals surface area contributed by atoms with Gasteiger partial charge in [-0.1, -0.05) is 20.8 Å². The molecule has 17 heavy (non-hydrogen) atoms. The summed E-state index contributed by atoms with van der Waals surface area (Å²) in [6.07, 6.45) is -0.113. The normalized spacial score (nSPS) is 26.1. The van der Waals surface area contributed by atoms with Crippen molar-refractivity contribution in [2.45, 2.75) is 51.4 Å². The van der Waals surface area contributed by atoms with Crippen molar-refractivity contribution in [1.82, 2.24) is 0 Å². The summed E-state index contributed by atoms with van der Waals surface area (Å²) < 4.78 is 10.8. The van der Waals surface area contributed by atoms with E-state index in [1.165, 1.54) is 0 Å². The van der Waals surface area contributed by atoms with Gasteiger partial charge in [-0.3, -0.25) is 4.79 Å². The zero-order valence-corrected chi connectivity index (χ0v) is 12.4. The van der Waals surface area contributed by atoms with Crippen LogP contribution in [0, 0.1) is 5.92 Å². The minimum Gasteiger partial charge on any atom is -0.463 e. The Morgan fingerprint density at radius 1 is 1.47 bits per heavy atom. The van der Waals surface area contributed by atoms with Crippen LogP contribution in [0.2, 0.25) is 18.1 Å². The lowest BCUT2D eigenvalue weighted by atomic mass is 10.0. The second-order valence-electron chi connectivity index (χ2n) is 6.20. The molecule has 1 rings (SSSR count). The maximum atomic E-state index is 11.3. The minimum atomic E-state index is -1.75. The van der Waals surface area contributed by atoms with E-state index >= 15 is 0 Å². The van der Waals surface area contributed by atoms with Crippen molar-refractivity contribution in [3.8, 4) is 0 Å².